The van der Waals surface area contributed by atoms with Crippen LogP contribution in [0.25, 0.3) is 0 Å². The molecule has 0 saturated carbocycles. The van der Waals surface area contributed by atoms with Crippen LogP contribution < -0.4 is 10.6 Å². The molecule has 0 aromatic rings. The van der Waals surface area contributed by atoms with Crippen LogP contribution in [-0.4, -0.2) is 48.4 Å². The van der Waals surface area contributed by atoms with E-state index in [0.717, 1.165) is 0 Å². The van der Waals surface area contributed by atoms with E-state index >= 15 is 0 Å². The van der Waals surface area contributed by atoms with Gasteiger partial charge in [0.05, 0.1) is 6.07 Å². The summed E-state index contributed by atoms with van der Waals surface area (Å²) in [4.78, 5) is 24.6. The number of rotatable bonds is 1. The maximum absolute atomic E-state index is 12.0. The van der Waals surface area contributed by atoms with Crippen molar-refractivity contribution in [2.45, 2.75) is 24.9 Å². The summed E-state index contributed by atoms with van der Waals surface area (Å²) in [6.07, 6.45) is 0.944. The predicted octanol–water partition coefficient (Wildman–Crippen LogP) is -1.41. The van der Waals surface area contributed by atoms with Crippen molar-refractivity contribution in [1.29, 1.82) is 5.26 Å². The van der Waals surface area contributed by atoms with Crippen molar-refractivity contribution in [2.24, 2.45) is 0 Å². The number of nitrogens with zero attached hydrogens (tertiary/aromatic N) is 2. The van der Waals surface area contributed by atoms with Gasteiger partial charge in [-0.1, -0.05) is 0 Å². The number of carbonyl (C=O) groups excluding carboxylic acids is 2. The topological polar surface area (TPSA) is 85.2 Å². The minimum Gasteiger partial charge on any atom is -0.344 e. The molecule has 2 fully saturated rings. The van der Waals surface area contributed by atoms with Gasteiger partial charge in [-0.15, -0.1) is 0 Å². The van der Waals surface area contributed by atoms with Gasteiger partial charge >= 0.3 is 0 Å². The summed E-state index contributed by atoms with van der Waals surface area (Å²) in [7, 11) is 0. The molecule has 0 spiro atoms. The third-order valence-electron chi connectivity index (χ3n) is 2.97. The molecule has 16 heavy (non-hydrogen) atoms. The largest absolute Gasteiger partial charge is 0.344 e. The Hall–Kier alpha value is -1.61. The van der Waals surface area contributed by atoms with Gasteiger partial charge in [0.25, 0.3) is 0 Å². The van der Waals surface area contributed by atoms with Crippen LogP contribution in [0.2, 0.25) is 0 Å². The summed E-state index contributed by atoms with van der Waals surface area (Å²) in [5.74, 6) is -0.208. The molecule has 6 nitrogen and oxygen atoms in total. The quantitative estimate of drug-likeness (QED) is 0.570. The SMILES string of the molecule is N#CC1CNCCN1C(=O)C1CCC(=O)N1. The third kappa shape index (κ3) is 1.99. The van der Waals surface area contributed by atoms with E-state index in [4.69, 9.17) is 5.26 Å². The summed E-state index contributed by atoms with van der Waals surface area (Å²) in [5.41, 5.74) is 0. The van der Waals surface area contributed by atoms with Gasteiger partial charge in [-0.25, -0.2) is 0 Å². The molecule has 2 atom stereocenters. The van der Waals surface area contributed by atoms with Crippen molar-refractivity contribution in [1.82, 2.24) is 15.5 Å². The van der Waals surface area contributed by atoms with Gasteiger partial charge in [0.1, 0.15) is 12.1 Å². The average molecular weight is 222 g/mol. The van der Waals surface area contributed by atoms with E-state index in [-0.39, 0.29) is 11.8 Å². The molecule has 0 aromatic heterocycles. The Morgan fingerprint density at radius 3 is 3.00 bits per heavy atom. The van der Waals surface area contributed by atoms with Crippen LogP contribution in [0, 0.1) is 11.3 Å². The van der Waals surface area contributed by atoms with E-state index < -0.39 is 12.1 Å². The first-order chi connectivity index (χ1) is 7.72. The second-order valence-corrected chi connectivity index (χ2v) is 4.04. The Labute approximate surface area is 93.6 Å². The summed E-state index contributed by atoms with van der Waals surface area (Å²) in [5, 5.41) is 14.6. The lowest BCUT2D eigenvalue weighted by Gasteiger charge is -2.33. The van der Waals surface area contributed by atoms with Gasteiger partial charge in [0, 0.05) is 26.1 Å². The molecule has 0 bridgehead atoms. The Balaban J connectivity index is 2.02. The molecule has 6 heteroatoms. The molecule has 86 valence electrons. The van der Waals surface area contributed by atoms with Crippen LogP contribution in [-0.2, 0) is 9.59 Å². The Morgan fingerprint density at radius 2 is 2.38 bits per heavy atom. The Kier molecular flexibility index (Phi) is 3.06. The molecule has 2 aliphatic rings. The Bertz CT molecular complexity index is 349. The number of carbonyl (C=O) groups is 2. The van der Waals surface area contributed by atoms with Gasteiger partial charge in [0.15, 0.2) is 0 Å². The minimum absolute atomic E-state index is 0.0815. The molecular formula is C10H14N4O2. The molecule has 2 saturated heterocycles. The highest BCUT2D eigenvalue weighted by atomic mass is 16.2. The Morgan fingerprint density at radius 1 is 1.56 bits per heavy atom. The molecule has 2 rings (SSSR count). The fourth-order valence-corrected chi connectivity index (χ4v) is 2.08. The lowest BCUT2D eigenvalue weighted by molar-refractivity contribution is -0.136. The van der Waals surface area contributed by atoms with Gasteiger partial charge in [-0.2, -0.15) is 5.26 Å². The van der Waals surface area contributed by atoms with Crippen LogP contribution in [0.3, 0.4) is 0 Å². The predicted molar refractivity (Wildman–Crippen MR) is 55.1 cm³/mol. The van der Waals surface area contributed by atoms with E-state index in [1.165, 1.54) is 0 Å². The zero-order valence-electron chi connectivity index (χ0n) is 8.90. The first-order valence-electron chi connectivity index (χ1n) is 5.42. The van der Waals surface area contributed by atoms with E-state index in [9.17, 15) is 9.59 Å². The standard InChI is InChI=1S/C10H14N4O2/c11-5-7-6-12-3-4-14(7)10(16)8-1-2-9(15)13-8/h7-8,12H,1-4,6H2,(H,13,15). The molecule has 0 aromatic carbocycles. The van der Waals surface area contributed by atoms with Gasteiger partial charge in [-0.05, 0) is 6.42 Å². The number of amides is 2. The average Bonchev–Trinajstić information content (AvgIpc) is 2.75. The molecule has 2 aliphatic heterocycles. The van der Waals surface area contributed by atoms with Crippen molar-refractivity contribution in [3.05, 3.63) is 0 Å². The highest BCUT2D eigenvalue weighted by Gasteiger charge is 2.34. The van der Waals surface area contributed by atoms with E-state index in [0.29, 0.717) is 32.5 Å². The van der Waals surface area contributed by atoms with Crippen LogP contribution >= 0.6 is 0 Å². The summed E-state index contributed by atoms with van der Waals surface area (Å²) < 4.78 is 0. The van der Waals surface area contributed by atoms with Crippen LogP contribution in [0.15, 0.2) is 0 Å². The van der Waals surface area contributed by atoms with Crippen molar-refractivity contribution in [3.63, 3.8) is 0 Å². The highest BCUT2D eigenvalue weighted by molar-refractivity contribution is 5.91. The van der Waals surface area contributed by atoms with E-state index in [1.54, 1.807) is 4.90 Å². The van der Waals surface area contributed by atoms with Gasteiger partial charge in [0.2, 0.25) is 11.8 Å². The van der Waals surface area contributed by atoms with Crippen molar-refractivity contribution < 1.29 is 9.59 Å². The molecule has 2 heterocycles. The normalized spacial score (nSPS) is 29.7. The fourth-order valence-electron chi connectivity index (χ4n) is 2.08. The fraction of sp³-hybridized carbons (Fsp3) is 0.700. The van der Waals surface area contributed by atoms with Crippen molar-refractivity contribution in [2.75, 3.05) is 19.6 Å². The molecule has 0 radical (unpaired) electrons. The first kappa shape index (κ1) is 10.9. The number of hydrogen-bond donors (Lipinski definition) is 2. The zero-order chi connectivity index (χ0) is 11.5. The maximum Gasteiger partial charge on any atom is 0.246 e. The van der Waals surface area contributed by atoms with Gasteiger partial charge in [-0.3, -0.25) is 9.59 Å². The molecule has 2 amide bonds. The summed E-state index contributed by atoms with van der Waals surface area (Å²) >= 11 is 0. The maximum atomic E-state index is 12.0. The second-order valence-electron chi connectivity index (χ2n) is 4.04. The molecular weight excluding hydrogens is 208 g/mol. The molecule has 2 N–H and O–H groups in total. The van der Waals surface area contributed by atoms with E-state index in [2.05, 4.69) is 16.7 Å². The number of hydrogen-bond acceptors (Lipinski definition) is 4. The zero-order valence-corrected chi connectivity index (χ0v) is 8.90. The van der Waals surface area contributed by atoms with Gasteiger partial charge < -0.3 is 15.5 Å². The first-order valence-corrected chi connectivity index (χ1v) is 5.42. The lowest BCUT2D eigenvalue weighted by Crippen LogP contribution is -2.57. The summed E-state index contributed by atoms with van der Waals surface area (Å²) in [6.45, 7) is 1.73. The minimum atomic E-state index is -0.429. The number of nitriles is 1. The second kappa shape index (κ2) is 4.49. The summed E-state index contributed by atoms with van der Waals surface area (Å²) in [6, 6.07) is 1.25. The molecule has 2 unspecified atom stereocenters. The van der Waals surface area contributed by atoms with Crippen LogP contribution in [0.5, 0.6) is 0 Å². The monoisotopic (exact) mass is 222 g/mol. The van der Waals surface area contributed by atoms with Crippen LogP contribution in [0.1, 0.15) is 12.8 Å². The van der Waals surface area contributed by atoms with Crippen molar-refractivity contribution in [3.8, 4) is 6.07 Å². The number of piperazine rings is 1. The smallest absolute Gasteiger partial charge is 0.246 e. The number of nitrogens with one attached hydrogen (secondary N) is 2. The van der Waals surface area contributed by atoms with Crippen LogP contribution in [0.4, 0.5) is 0 Å². The van der Waals surface area contributed by atoms with Crippen molar-refractivity contribution >= 4 is 11.8 Å². The highest BCUT2D eigenvalue weighted by Crippen LogP contribution is 2.12. The molecule has 0 aliphatic carbocycles. The third-order valence-corrected chi connectivity index (χ3v) is 2.97. The van der Waals surface area contributed by atoms with E-state index in [1.807, 2.05) is 0 Å². The lowest BCUT2D eigenvalue weighted by atomic mass is 10.1.